The maximum atomic E-state index is 12.4. The monoisotopic (exact) mass is 319 g/mol. The van der Waals surface area contributed by atoms with Gasteiger partial charge in [0.25, 0.3) is 10.0 Å². The van der Waals surface area contributed by atoms with Crippen molar-refractivity contribution in [3.8, 4) is 5.75 Å². The summed E-state index contributed by atoms with van der Waals surface area (Å²) in [6.45, 7) is 4.07. The smallest absolute Gasteiger partial charge is 0.262 e. The fraction of sp³-hybridized carbons (Fsp3) is 0.188. The average Bonchev–Trinajstić information content (AvgIpc) is 2.49. The van der Waals surface area contributed by atoms with Crippen LogP contribution in [0.15, 0.2) is 47.4 Å². The summed E-state index contributed by atoms with van der Waals surface area (Å²) in [6.07, 6.45) is 0.652. The van der Waals surface area contributed by atoms with Gasteiger partial charge in [0.15, 0.2) is 0 Å². The normalized spacial score (nSPS) is 11.0. The Bertz CT molecular complexity index is 767. The zero-order valence-electron chi connectivity index (χ0n) is 12.4. The van der Waals surface area contributed by atoms with Crippen molar-refractivity contribution < 1.29 is 17.9 Å². The van der Waals surface area contributed by atoms with Gasteiger partial charge in [-0.15, -0.1) is 0 Å². The second-order valence-corrected chi connectivity index (χ2v) is 6.41. The summed E-state index contributed by atoms with van der Waals surface area (Å²) in [5.41, 5.74) is 1.58. The van der Waals surface area contributed by atoms with Crippen LogP contribution >= 0.6 is 0 Å². The van der Waals surface area contributed by atoms with Crippen molar-refractivity contribution in [2.45, 2.75) is 18.7 Å². The first-order valence-electron chi connectivity index (χ1n) is 6.78. The third kappa shape index (κ3) is 3.65. The molecule has 0 saturated carbocycles. The summed E-state index contributed by atoms with van der Waals surface area (Å²) in [5.74, 6) is 0.379. The van der Waals surface area contributed by atoms with Crippen LogP contribution in [-0.2, 0) is 10.0 Å². The van der Waals surface area contributed by atoms with Crippen LogP contribution in [0, 0.1) is 6.92 Å². The summed E-state index contributed by atoms with van der Waals surface area (Å²) < 4.78 is 32.7. The highest BCUT2D eigenvalue weighted by Gasteiger charge is 2.17. The Morgan fingerprint density at radius 2 is 1.82 bits per heavy atom. The zero-order valence-corrected chi connectivity index (χ0v) is 13.2. The number of anilines is 1. The number of ether oxygens (including phenoxy) is 1. The van der Waals surface area contributed by atoms with Crippen molar-refractivity contribution in [3.05, 3.63) is 53.6 Å². The molecule has 5 nitrogen and oxygen atoms in total. The number of carbonyl (C=O) groups excluding carboxylic acids is 1. The molecule has 0 fully saturated rings. The molecule has 6 heteroatoms. The first kappa shape index (κ1) is 16.0. The molecule has 0 aliphatic heterocycles. The lowest BCUT2D eigenvalue weighted by atomic mass is 10.2. The quantitative estimate of drug-likeness (QED) is 0.831. The molecule has 2 aromatic carbocycles. The minimum absolute atomic E-state index is 0.150. The van der Waals surface area contributed by atoms with Gasteiger partial charge in [0.1, 0.15) is 12.0 Å². The molecule has 22 heavy (non-hydrogen) atoms. The zero-order chi connectivity index (χ0) is 16.2. The van der Waals surface area contributed by atoms with Crippen LogP contribution in [0.3, 0.4) is 0 Å². The summed E-state index contributed by atoms with van der Waals surface area (Å²) in [4.78, 5) is 11.0. The minimum atomic E-state index is -3.74. The number of sulfonamides is 1. The van der Waals surface area contributed by atoms with E-state index in [2.05, 4.69) is 4.72 Å². The molecular formula is C16H17NO4S. The van der Waals surface area contributed by atoms with Crippen molar-refractivity contribution in [3.63, 3.8) is 0 Å². The summed E-state index contributed by atoms with van der Waals surface area (Å²) in [7, 11) is -3.74. The Hall–Kier alpha value is -2.34. The van der Waals surface area contributed by atoms with Gasteiger partial charge in [-0.1, -0.05) is 17.7 Å². The molecule has 0 amide bonds. The Morgan fingerprint density at radius 3 is 2.41 bits per heavy atom. The molecule has 0 unspecified atom stereocenters. The summed E-state index contributed by atoms with van der Waals surface area (Å²) in [5, 5.41) is 0. The lowest BCUT2D eigenvalue weighted by Crippen LogP contribution is -2.14. The van der Waals surface area contributed by atoms with Crippen molar-refractivity contribution >= 4 is 22.0 Å². The highest BCUT2D eigenvalue weighted by atomic mass is 32.2. The third-order valence-electron chi connectivity index (χ3n) is 3.02. The van der Waals surface area contributed by atoms with E-state index in [1.807, 2.05) is 6.92 Å². The number of rotatable bonds is 6. The standard InChI is InChI=1S/C16H17NO4S/c1-3-21-16-9-6-13(11-18)10-15(16)17-22(19,20)14-7-4-12(2)5-8-14/h4-11,17H,3H2,1-2H3. The highest BCUT2D eigenvalue weighted by Crippen LogP contribution is 2.28. The van der Waals surface area contributed by atoms with E-state index in [4.69, 9.17) is 4.74 Å². The first-order chi connectivity index (χ1) is 10.5. The molecular weight excluding hydrogens is 302 g/mol. The largest absolute Gasteiger partial charge is 0.492 e. The van der Waals surface area contributed by atoms with E-state index in [0.29, 0.717) is 24.2 Å². The van der Waals surface area contributed by atoms with Crippen LogP contribution in [0.1, 0.15) is 22.8 Å². The molecule has 0 heterocycles. The predicted octanol–water partition coefficient (Wildman–Crippen LogP) is 3.01. The van der Waals surface area contributed by atoms with Crippen molar-refractivity contribution in [2.75, 3.05) is 11.3 Å². The molecule has 1 N–H and O–H groups in total. The van der Waals surface area contributed by atoms with Crippen LogP contribution in [-0.4, -0.2) is 21.3 Å². The van der Waals surface area contributed by atoms with E-state index in [1.165, 1.54) is 18.2 Å². The fourth-order valence-corrected chi connectivity index (χ4v) is 2.96. The lowest BCUT2D eigenvalue weighted by molar-refractivity contribution is 0.112. The van der Waals surface area contributed by atoms with Gasteiger partial charge < -0.3 is 4.74 Å². The molecule has 0 saturated heterocycles. The number of nitrogens with one attached hydrogen (secondary N) is 1. The van der Waals surface area contributed by atoms with Gasteiger partial charge in [-0.25, -0.2) is 8.42 Å². The van der Waals surface area contributed by atoms with Crippen molar-refractivity contribution in [1.29, 1.82) is 0 Å². The van der Waals surface area contributed by atoms with Gasteiger partial charge in [0.2, 0.25) is 0 Å². The first-order valence-corrected chi connectivity index (χ1v) is 8.26. The van der Waals surface area contributed by atoms with E-state index >= 15 is 0 Å². The minimum Gasteiger partial charge on any atom is -0.492 e. The van der Waals surface area contributed by atoms with Crippen LogP contribution in [0.2, 0.25) is 0 Å². The Labute approximate surface area is 130 Å². The van der Waals surface area contributed by atoms with E-state index in [-0.39, 0.29) is 10.6 Å². The van der Waals surface area contributed by atoms with Gasteiger partial charge in [-0.3, -0.25) is 9.52 Å². The maximum Gasteiger partial charge on any atom is 0.262 e. The topological polar surface area (TPSA) is 72.5 Å². The average molecular weight is 319 g/mol. The van der Waals surface area contributed by atoms with Crippen molar-refractivity contribution in [2.24, 2.45) is 0 Å². The number of aryl methyl sites for hydroxylation is 1. The summed E-state index contributed by atoms with van der Waals surface area (Å²) >= 11 is 0. The molecule has 0 aliphatic carbocycles. The van der Waals surface area contributed by atoms with Crippen LogP contribution in [0.4, 0.5) is 5.69 Å². The van der Waals surface area contributed by atoms with E-state index in [0.717, 1.165) is 5.56 Å². The molecule has 0 spiro atoms. The molecule has 0 aliphatic rings. The van der Waals surface area contributed by atoms with E-state index in [9.17, 15) is 13.2 Å². The predicted molar refractivity (Wildman–Crippen MR) is 85.0 cm³/mol. The van der Waals surface area contributed by atoms with E-state index in [1.54, 1.807) is 31.2 Å². The number of benzene rings is 2. The van der Waals surface area contributed by atoms with Gasteiger partial charge in [-0.05, 0) is 44.2 Å². The molecule has 116 valence electrons. The number of carbonyl (C=O) groups is 1. The van der Waals surface area contributed by atoms with Gasteiger partial charge >= 0.3 is 0 Å². The maximum absolute atomic E-state index is 12.4. The number of hydrogen-bond acceptors (Lipinski definition) is 4. The number of aldehydes is 1. The van der Waals surface area contributed by atoms with Crippen LogP contribution in [0.5, 0.6) is 5.75 Å². The fourth-order valence-electron chi connectivity index (χ4n) is 1.90. The van der Waals surface area contributed by atoms with E-state index < -0.39 is 10.0 Å². The third-order valence-corrected chi connectivity index (χ3v) is 4.40. The number of hydrogen-bond donors (Lipinski definition) is 1. The van der Waals surface area contributed by atoms with Crippen molar-refractivity contribution in [1.82, 2.24) is 0 Å². The van der Waals surface area contributed by atoms with Crippen LogP contribution < -0.4 is 9.46 Å². The molecule has 0 radical (unpaired) electrons. The highest BCUT2D eigenvalue weighted by molar-refractivity contribution is 7.92. The second-order valence-electron chi connectivity index (χ2n) is 4.73. The lowest BCUT2D eigenvalue weighted by Gasteiger charge is -2.13. The second kappa shape index (κ2) is 6.62. The summed E-state index contributed by atoms with van der Waals surface area (Å²) in [6, 6.07) is 11.1. The molecule has 0 bridgehead atoms. The molecule has 0 atom stereocenters. The van der Waals surface area contributed by atoms with Gasteiger partial charge in [-0.2, -0.15) is 0 Å². The molecule has 2 aromatic rings. The Morgan fingerprint density at radius 1 is 1.14 bits per heavy atom. The molecule has 2 rings (SSSR count). The van der Waals surface area contributed by atoms with Crippen LogP contribution in [0.25, 0.3) is 0 Å². The Balaban J connectivity index is 2.39. The Kier molecular flexibility index (Phi) is 4.82. The van der Waals surface area contributed by atoms with Gasteiger partial charge in [0.05, 0.1) is 17.2 Å². The SMILES string of the molecule is CCOc1ccc(C=O)cc1NS(=O)(=O)c1ccc(C)cc1. The molecule has 0 aromatic heterocycles. The van der Waals surface area contributed by atoms with Gasteiger partial charge in [0, 0.05) is 5.56 Å².